The number of nitrogens with one attached hydrogen (secondary N) is 1. The molecule has 0 bridgehead atoms. The molecule has 1 fully saturated rings. The van der Waals surface area contributed by atoms with Crippen molar-refractivity contribution in [3.05, 3.63) is 28.2 Å². The first kappa shape index (κ1) is 17.0. The summed E-state index contributed by atoms with van der Waals surface area (Å²) in [6.07, 6.45) is 0. The van der Waals surface area contributed by atoms with Gasteiger partial charge in [-0.1, -0.05) is 23.2 Å². The molecule has 0 aliphatic carbocycles. The molecule has 0 spiro atoms. The average Bonchev–Trinajstić information content (AvgIpc) is 2.48. The summed E-state index contributed by atoms with van der Waals surface area (Å²) in [7, 11) is -3.67. The molecule has 0 radical (unpaired) electrons. The third-order valence-electron chi connectivity index (χ3n) is 3.42. The number of benzene rings is 1. The monoisotopic (exact) mass is 352 g/mol. The normalized spacial score (nSPS) is 18.6. The summed E-state index contributed by atoms with van der Waals surface area (Å²) in [6.45, 7) is 5.26. The maximum absolute atomic E-state index is 12.3. The number of hydrogen-bond donors (Lipinski definition) is 1. The van der Waals surface area contributed by atoms with Gasteiger partial charge in [-0.15, -0.1) is 0 Å². The van der Waals surface area contributed by atoms with E-state index in [1.54, 1.807) is 6.07 Å². The average molecular weight is 353 g/mol. The van der Waals surface area contributed by atoms with E-state index in [0.717, 1.165) is 13.1 Å². The second kappa shape index (κ2) is 7.26. The van der Waals surface area contributed by atoms with Crippen molar-refractivity contribution >= 4 is 33.2 Å². The Morgan fingerprint density at radius 2 is 2.00 bits per heavy atom. The first-order chi connectivity index (χ1) is 9.90. The Hall–Kier alpha value is -0.370. The fourth-order valence-corrected chi connectivity index (χ4v) is 4.02. The van der Waals surface area contributed by atoms with Crippen molar-refractivity contribution in [3.8, 4) is 0 Å². The van der Waals surface area contributed by atoms with E-state index in [1.807, 2.05) is 6.92 Å². The van der Waals surface area contributed by atoms with Crippen molar-refractivity contribution < 1.29 is 13.2 Å². The maximum atomic E-state index is 12.3. The van der Waals surface area contributed by atoms with E-state index < -0.39 is 10.0 Å². The molecule has 0 aromatic heterocycles. The van der Waals surface area contributed by atoms with Gasteiger partial charge < -0.3 is 4.74 Å². The van der Waals surface area contributed by atoms with Gasteiger partial charge in [-0.25, -0.2) is 13.1 Å². The lowest BCUT2D eigenvalue weighted by atomic mass is 10.2. The Morgan fingerprint density at radius 3 is 2.67 bits per heavy atom. The van der Waals surface area contributed by atoms with Gasteiger partial charge in [-0.2, -0.15) is 0 Å². The zero-order valence-electron chi connectivity index (χ0n) is 11.7. The fraction of sp³-hybridized carbons (Fsp3) is 0.538. The van der Waals surface area contributed by atoms with Crippen LogP contribution in [0.2, 0.25) is 10.0 Å². The molecule has 1 atom stereocenters. The molecule has 2 rings (SSSR count). The quantitative estimate of drug-likeness (QED) is 0.880. The van der Waals surface area contributed by atoms with Crippen molar-refractivity contribution in [2.45, 2.75) is 17.9 Å². The smallest absolute Gasteiger partial charge is 0.242 e. The molecule has 8 heteroatoms. The van der Waals surface area contributed by atoms with Crippen LogP contribution < -0.4 is 4.72 Å². The maximum Gasteiger partial charge on any atom is 0.242 e. The summed E-state index contributed by atoms with van der Waals surface area (Å²) in [5.74, 6) is 0. The second-order valence-electron chi connectivity index (χ2n) is 4.92. The molecule has 1 aromatic rings. The highest BCUT2D eigenvalue weighted by Crippen LogP contribution is 2.24. The molecule has 1 heterocycles. The van der Waals surface area contributed by atoms with Crippen molar-refractivity contribution in [2.24, 2.45) is 0 Å². The third kappa shape index (κ3) is 4.55. The van der Waals surface area contributed by atoms with Gasteiger partial charge >= 0.3 is 0 Å². The molecule has 0 amide bonds. The summed E-state index contributed by atoms with van der Waals surface area (Å²) in [5, 5.41) is 0.493. The number of hydrogen-bond acceptors (Lipinski definition) is 4. The highest BCUT2D eigenvalue weighted by molar-refractivity contribution is 7.89. The van der Waals surface area contributed by atoms with Crippen LogP contribution in [0, 0.1) is 0 Å². The van der Waals surface area contributed by atoms with Crippen LogP contribution >= 0.6 is 23.2 Å². The summed E-state index contributed by atoms with van der Waals surface area (Å²) < 4.78 is 32.5. The van der Waals surface area contributed by atoms with Crippen molar-refractivity contribution in [1.82, 2.24) is 9.62 Å². The van der Waals surface area contributed by atoms with Gasteiger partial charge in [-0.3, -0.25) is 4.90 Å². The molecule has 1 unspecified atom stereocenters. The SMILES string of the molecule is CC(CNS(=O)(=O)c1cc(Cl)ccc1Cl)N1CCOCC1. The van der Waals surface area contributed by atoms with E-state index in [0.29, 0.717) is 24.8 Å². The van der Waals surface area contributed by atoms with E-state index in [2.05, 4.69) is 9.62 Å². The van der Waals surface area contributed by atoms with Gasteiger partial charge in [0, 0.05) is 30.7 Å². The standard InChI is InChI=1S/C13H18Cl2N2O3S/c1-10(17-4-6-20-7-5-17)9-16-21(18,19)13-8-11(14)2-3-12(13)15/h2-3,8,10,16H,4-7,9H2,1H3. The number of halogens is 2. The molecule has 118 valence electrons. The number of sulfonamides is 1. The summed E-state index contributed by atoms with van der Waals surface area (Å²) in [6, 6.07) is 4.47. The van der Waals surface area contributed by atoms with Gasteiger partial charge in [0.05, 0.1) is 18.2 Å². The minimum absolute atomic E-state index is 0.00541. The highest BCUT2D eigenvalue weighted by atomic mass is 35.5. The van der Waals surface area contributed by atoms with Crippen LogP contribution in [0.25, 0.3) is 0 Å². The Bertz CT molecular complexity index is 589. The van der Waals surface area contributed by atoms with Crippen molar-refractivity contribution in [2.75, 3.05) is 32.8 Å². The Morgan fingerprint density at radius 1 is 1.33 bits per heavy atom. The lowest BCUT2D eigenvalue weighted by Crippen LogP contribution is -2.47. The van der Waals surface area contributed by atoms with Crippen LogP contribution in [0.5, 0.6) is 0 Å². The molecule has 1 N–H and O–H groups in total. The number of rotatable bonds is 5. The van der Waals surface area contributed by atoms with E-state index in [-0.39, 0.29) is 16.0 Å². The van der Waals surface area contributed by atoms with Gasteiger partial charge in [0.2, 0.25) is 10.0 Å². The zero-order chi connectivity index (χ0) is 15.5. The van der Waals surface area contributed by atoms with Gasteiger partial charge in [0.1, 0.15) is 4.90 Å². The third-order valence-corrected chi connectivity index (χ3v) is 5.56. The van der Waals surface area contributed by atoms with Crippen LogP contribution in [0.4, 0.5) is 0 Å². The lowest BCUT2D eigenvalue weighted by molar-refractivity contribution is 0.0213. The molecule has 1 aliphatic heterocycles. The molecule has 5 nitrogen and oxygen atoms in total. The fourth-order valence-electron chi connectivity index (χ4n) is 2.14. The van der Waals surface area contributed by atoms with E-state index in [1.165, 1.54) is 12.1 Å². The summed E-state index contributed by atoms with van der Waals surface area (Å²) in [5.41, 5.74) is 0. The van der Waals surface area contributed by atoms with Crippen LogP contribution in [0.3, 0.4) is 0 Å². The summed E-state index contributed by atoms with van der Waals surface area (Å²) in [4.78, 5) is 2.19. The predicted octanol–water partition coefficient (Wildman–Crippen LogP) is 1.99. The predicted molar refractivity (Wildman–Crippen MR) is 83.5 cm³/mol. The van der Waals surface area contributed by atoms with Gasteiger partial charge in [0.15, 0.2) is 0 Å². The Balaban J connectivity index is 2.02. The van der Waals surface area contributed by atoms with Crippen LogP contribution in [-0.2, 0) is 14.8 Å². The first-order valence-corrected chi connectivity index (χ1v) is 8.90. The Kier molecular flexibility index (Phi) is 5.88. The molecule has 1 aromatic carbocycles. The van der Waals surface area contributed by atoms with Crippen molar-refractivity contribution in [1.29, 1.82) is 0 Å². The zero-order valence-corrected chi connectivity index (χ0v) is 14.0. The lowest BCUT2D eigenvalue weighted by Gasteiger charge is -2.32. The first-order valence-electron chi connectivity index (χ1n) is 6.66. The molecule has 1 saturated heterocycles. The van der Waals surface area contributed by atoms with E-state index in [9.17, 15) is 8.42 Å². The topological polar surface area (TPSA) is 58.6 Å². The minimum Gasteiger partial charge on any atom is -0.379 e. The molecule has 1 aliphatic rings. The number of ether oxygens (including phenoxy) is 1. The molecular weight excluding hydrogens is 335 g/mol. The second-order valence-corrected chi connectivity index (χ2v) is 7.50. The molecule has 21 heavy (non-hydrogen) atoms. The van der Waals surface area contributed by atoms with Crippen LogP contribution in [0.15, 0.2) is 23.1 Å². The largest absolute Gasteiger partial charge is 0.379 e. The number of nitrogens with zero attached hydrogens (tertiary/aromatic N) is 1. The van der Waals surface area contributed by atoms with Gasteiger partial charge in [-0.05, 0) is 25.1 Å². The van der Waals surface area contributed by atoms with Crippen LogP contribution in [-0.4, -0.2) is 52.2 Å². The number of morpholine rings is 1. The summed E-state index contributed by atoms with van der Waals surface area (Å²) >= 11 is 11.8. The van der Waals surface area contributed by atoms with E-state index >= 15 is 0 Å². The van der Waals surface area contributed by atoms with Gasteiger partial charge in [0.25, 0.3) is 0 Å². The van der Waals surface area contributed by atoms with Crippen LogP contribution in [0.1, 0.15) is 6.92 Å². The molecule has 0 saturated carbocycles. The highest BCUT2D eigenvalue weighted by Gasteiger charge is 2.22. The van der Waals surface area contributed by atoms with Crippen molar-refractivity contribution in [3.63, 3.8) is 0 Å². The minimum atomic E-state index is -3.67. The molecular formula is C13H18Cl2N2O3S. The van der Waals surface area contributed by atoms with E-state index in [4.69, 9.17) is 27.9 Å². The Labute approximate surface area is 135 Å².